The molecule has 4 heterocycles. The summed E-state index contributed by atoms with van der Waals surface area (Å²) in [4.78, 5) is 55.7. The molecule has 8 rings (SSSR count). The molecular formula is C42H51NO16. The lowest BCUT2D eigenvalue weighted by molar-refractivity contribution is -0.371. The number of phenols is 3. The van der Waals surface area contributed by atoms with Gasteiger partial charge in [0.1, 0.15) is 47.6 Å². The second-order valence-corrected chi connectivity index (χ2v) is 16.7. The summed E-state index contributed by atoms with van der Waals surface area (Å²) in [7, 11) is 4.92. The predicted molar refractivity (Wildman–Crippen MR) is 201 cm³/mol. The molecule has 0 amide bonds. The number of aromatic hydroxyl groups is 3. The third-order valence-electron chi connectivity index (χ3n) is 12.9. The van der Waals surface area contributed by atoms with Crippen molar-refractivity contribution in [2.75, 3.05) is 21.2 Å². The van der Waals surface area contributed by atoms with Crippen LogP contribution in [0.3, 0.4) is 0 Å². The molecule has 17 heteroatoms. The Labute approximate surface area is 340 Å². The molecule has 59 heavy (non-hydrogen) atoms. The number of rotatable bonds is 7. The maximum Gasteiger partial charge on any atom is 0.316 e. The Hall–Kier alpha value is -4.04. The van der Waals surface area contributed by atoms with Crippen LogP contribution in [0.15, 0.2) is 18.2 Å². The van der Waals surface area contributed by atoms with E-state index in [1.807, 2.05) is 32.8 Å². The fourth-order valence-electron chi connectivity index (χ4n) is 9.77. The number of methoxy groups -OCH3 is 1. The van der Waals surface area contributed by atoms with Gasteiger partial charge in [0, 0.05) is 42.9 Å². The third-order valence-corrected chi connectivity index (χ3v) is 12.9. The highest BCUT2D eigenvalue weighted by atomic mass is 16.8. The lowest BCUT2D eigenvalue weighted by Gasteiger charge is -2.51. The molecule has 320 valence electrons. The Bertz CT molecular complexity index is 2050. The largest absolute Gasteiger partial charge is 0.507 e. The number of carbonyl (C=O) groups is 4. The zero-order valence-corrected chi connectivity index (χ0v) is 33.9. The van der Waals surface area contributed by atoms with E-state index in [9.17, 15) is 39.6 Å². The summed E-state index contributed by atoms with van der Waals surface area (Å²) in [5, 5.41) is 45.4. The average molecular weight is 826 g/mol. The van der Waals surface area contributed by atoms with Crippen molar-refractivity contribution in [1.29, 1.82) is 0 Å². The van der Waals surface area contributed by atoms with E-state index in [2.05, 4.69) is 0 Å². The van der Waals surface area contributed by atoms with Crippen molar-refractivity contribution in [3.8, 4) is 17.2 Å². The van der Waals surface area contributed by atoms with E-state index >= 15 is 0 Å². The van der Waals surface area contributed by atoms with Gasteiger partial charge in [0.2, 0.25) is 5.78 Å². The number of phenolic OH excluding ortho intramolecular Hbond substituents is 3. The lowest BCUT2D eigenvalue weighted by Crippen LogP contribution is -2.62. The molecule has 0 bridgehead atoms. The van der Waals surface area contributed by atoms with Gasteiger partial charge in [0.15, 0.2) is 30.4 Å². The van der Waals surface area contributed by atoms with Crippen molar-refractivity contribution in [2.45, 2.75) is 145 Å². The first kappa shape index (κ1) is 41.7. The van der Waals surface area contributed by atoms with Crippen LogP contribution in [0.2, 0.25) is 0 Å². The van der Waals surface area contributed by atoms with Gasteiger partial charge in [-0.3, -0.25) is 19.2 Å². The van der Waals surface area contributed by atoms with Crippen LogP contribution < -0.4 is 0 Å². The number of esters is 1. The second-order valence-electron chi connectivity index (χ2n) is 16.7. The van der Waals surface area contributed by atoms with Crippen LogP contribution in [-0.2, 0) is 47.5 Å². The molecule has 4 N–H and O–H groups in total. The van der Waals surface area contributed by atoms with Gasteiger partial charge < -0.3 is 63.2 Å². The molecule has 0 spiro atoms. The van der Waals surface area contributed by atoms with Crippen LogP contribution in [0.1, 0.15) is 115 Å². The summed E-state index contributed by atoms with van der Waals surface area (Å²) in [6, 6.07) is 3.08. The van der Waals surface area contributed by atoms with Crippen LogP contribution >= 0.6 is 0 Å². The summed E-state index contributed by atoms with van der Waals surface area (Å²) in [5.74, 6) is -5.88. The van der Waals surface area contributed by atoms with Crippen molar-refractivity contribution in [1.82, 2.24) is 4.90 Å². The van der Waals surface area contributed by atoms with E-state index in [-0.39, 0.29) is 54.2 Å². The molecule has 2 aromatic rings. The number of ketones is 3. The van der Waals surface area contributed by atoms with E-state index < -0.39 is 131 Å². The number of hydrogen-bond donors (Lipinski definition) is 4. The van der Waals surface area contributed by atoms with E-state index in [0.29, 0.717) is 6.42 Å². The molecule has 4 aliphatic heterocycles. The minimum absolute atomic E-state index is 0.00735. The predicted octanol–water partition coefficient (Wildman–Crippen LogP) is 2.88. The minimum Gasteiger partial charge on any atom is -0.507 e. The summed E-state index contributed by atoms with van der Waals surface area (Å²) < 4.78 is 49.5. The SMILES string of the molecule is CC[C@]1(O)C[C@H](O[C@@H]2C[C@H](N(C)C)[C@H](O[C@@H]3C[C@@H]4O[C@@H]5CC(=O)[C@H](C)O[C@@H]5O[C@@H]4[C@H](C)O3)[C@H](C)O2)c2c(cc3c(c2O)C(=O)c2c(O)ccc(O)c2C3=O)[C@@H]1C(=O)OC. The molecule has 17 nitrogen and oxygen atoms in total. The number of carbonyl (C=O) groups excluding carboxylic acids is 4. The number of aliphatic hydroxyl groups is 1. The third kappa shape index (κ3) is 6.93. The van der Waals surface area contributed by atoms with E-state index in [0.717, 1.165) is 19.2 Å². The number of fused-ring (bicyclic) bond motifs is 5. The Morgan fingerprint density at radius 3 is 2.19 bits per heavy atom. The molecule has 4 saturated heterocycles. The maximum absolute atomic E-state index is 14.0. The van der Waals surface area contributed by atoms with Crippen LogP contribution in [0.4, 0.5) is 0 Å². The van der Waals surface area contributed by atoms with Gasteiger partial charge in [-0.1, -0.05) is 6.92 Å². The summed E-state index contributed by atoms with van der Waals surface area (Å²) >= 11 is 0. The molecule has 0 aromatic heterocycles. The van der Waals surface area contributed by atoms with Crippen molar-refractivity contribution in [3.63, 3.8) is 0 Å². The smallest absolute Gasteiger partial charge is 0.316 e. The van der Waals surface area contributed by atoms with Crippen molar-refractivity contribution < 1.29 is 77.5 Å². The lowest BCUT2D eigenvalue weighted by atomic mass is 9.67. The quantitative estimate of drug-likeness (QED) is 0.198. The Morgan fingerprint density at radius 2 is 1.53 bits per heavy atom. The number of likely N-dealkylation sites (N-methyl/N-ethyl adjacent to an activating group) is 1. The van der Waals surface area contributed by atoms with Crippen molar-refractivity contribution in [3.05, 3.63) is 51.6 Å². The summed E-state index contributed by atoms with van der Waals surface area (Å²) in [6.07, 6.45) is -6.48. The van der Waals surface area contributed by atoms with Gasteiger partial charge in [0.25, 0.3) is 0 Å². The molecule has 0 unspecified atom stereocenters. The highest BCUT2D eigenvalue weighted by Gasteiger charge is 2.55. The topological polar surface area (TPSA) is 226 Å². The van der Waals surface area contributed by atoms with E-state index in [1.165, 1.54) is 6.07 Å². The highest BCUT2D eigenvalue weighted by molar-refractivity contribution is 6.31. The molecule has 0 saturated carbocycles. The van der Waals surface area contributed by atoms with Gasteiger partial charge in [0.05, 0.1) is 53.8 Å². The standard InChI is InChI=1S/C42H51NO16/c1-8-42(51)15-27(30-19(34(42)40(50)52-7)11-20-31(36(30)48)37(49)33-23(45)10-9-22(44)32(33)35(20)47)57-28-12-21(43(5)6)38(17(3)53-28)58-29-14-25-39(18(4)54-29)59-41-26(56-25)13-24(46)16(2)55-41/h9-11,16-18,21,25-29,34,38-39,41,44-45,48,51H,8,12-15H2,1-7H3/t16-,17-,18-,21-,25-,26+,27-,28+,29+,34+,38+,39+,41+,42-/m0/s1. The van der Waals surface area contributed by atoms with Gasteiger partial charge in [-0.25, -0.2) is 0 Å². The van der Waals surface area contributed by atoms with Gasteiger partial charge in [-0.2, -0.15) is 0 Å². The molecule has 2 aliphatic carbocycles. The number of ether oxygens (including phenoxy) is 8. The van der Waals surface area contributed by atoms with Crippen molar-refractivity contribution in [2.24, 2.45) is 0 Å². The van der Waals surface area contributed by atoms with Crippen LogP contribution in [0.5, 0.6) is 17.2 Å². The second kappa shape index (κ2) is 15.5. The first-order valence-corrected chi connectivity index (χ1v) is 20.1. The fraction of sp³-hybridized carbons (Fsp3) is 0.619. The zero-order valence-electron chi connectivity index (χ0n) is 33.9. The monoisotopic (exact) mass is 825 g/mol. The molecule has 0 radical (unpaired) electrons. The van der Waals surface area contributed by atoms with Gasteiger partial charge in [-0.05, 0) is 65.0 Å². The fourth-order valence-corrected chi connectivity index (χ4v) is 9.77. The Kier molecular flexibility index (Phi) is 10.9. The Balaban J connectivity index is 1.07. The maximum atomic E-state index is 14.0. The summed E-state index contributed by atoms with van der Waals surface area (Å²) in [5.41, 5.74) is -3.51. The first-order valence-electron chi connectivity index (χ1n) is 20.1. The molecule has 14 atom stereocenters. The molecule has 4 fully saturated rings. The van der Waals surface area contributed by atoms with Crippen LogP contribution in [0, 0.1) is 0 Å². The number of Topliss-reactive ketones (excluding diaryl/α,β-unsaturated/α-hetero) is 1. The highest BCUT2D eigenvalue weighted by Crippen LogP contribution is 2.54. The number of benzene rings is 2. The normalized spacial score (nSPS) is 37.8. The average Bonchev–Trinajstić information content (AvgIpc) is 3.18. The van der Waals surface area contributed by atoms with E-state index in [1.54, 1.807) is 13.8 Å². The molecule has 2 aromatic carbocycles. The Morgan fingerprint density at radius 1 is 0.864 bits per heavy atom. The zero-order chi connectivity index (χ0) is 42.4. The minimum atomic E-state index is -1.80. The number of nitrogens with zero attached hydrogens (tertiary/aromatic N) is 1. The van der Waals surface area contributed by atoms with Crippen LogP contribution in [0.25, 0.3) is 0 Å². The van der Waals surface area contributed by atoms with Crippen LogP contribution in [-0.4, -0.2) is 143 Å². The van der Waals surface area contributed by atoms with Gasteiger partial charge in [-0.15, -0.1) is 0 Å². The molecule has 6 aliphatic rings. The molecular weight excluding hydrogens is 774 g/mol. The first-order chi connectivity index (χ1) is 28.0. The van der Waals surface area contributed by atoms with E-state index in [4.69, 9.17) is 37.9 Å². The van der Waals surface area contributed by atoms with Gasteiger partial charge >= 0.3 is 5.97 Å². The van der Waals surface area contributed by atoms with Crippen molar-refractivity contribution >= 4 is 23.3 Å². The number of hydrogen-bond acceptors (Lipinski definition) is 17. The summed E-state index contributed by atoms with van der Waals surface area (Å²) in [6.45, 7) is 7.07.